The number of aromatic nitrogens is 2. The van der Waals surface area contributed by atoms with Gasteiger partial charge in [0.25, 0.3) is 0 Å². The molecule has 0 saturated heterocycles. The Bertz CT molecular complexity index is 578. The number of anilines is 1. The normalized spacial score (nSPS) is 16.6. The lowest BCUT2D eigenvalue weighted by atomic mass is 9.95. The Labute approximate surface area is 119 Å². The second-order valence-electron chi connectivity index (χ2n) is 3.70. The van der Waals surface area contributed by atoms with E-state index in [0.29, 0.717) is 26.9 Å². The summed E-state index contributed by atoms with van der Waals surface area (Å²) in [6.45, 7) is 4.57. The molecular weight excluding hydrogens is 316 g/mol. The van der Waals surface area contributed by atoms with Crippen molar-refractivity contribution in [3.8, 4) is 0 Å². The van der Waals surface area contributed by atoms with Crippen LogP contribution in [0.3, 0.4) is 0 Å². The molecule has 0 saturated carbocycles. The number of halogens is 2. The number of rotatable bonds is 2. The molecule has 0 aromatic carbocycles. The number of nitrogens with zero attached hydrogens (tertiary/aromatic N) is 2. The van der Waals surface area contributed by atoms with E-state index >= 15 is 0 Å². The highest BCUT2D eigenvalue weighted by Crippen LogP contribution is 2.36. The van der Waals surface area contributed by atoms with Crippen molar-refractivity contribution >= 4 is 50.8 Å². The van der Waals surface area contributed by atoms with Gasteiger partial charge in [-0.1, -0.05) is 17.7 Å². The van der Waals surface area contributed by atoms with E-state index in [1.165, 1.54) is 0 Å². The first kappa shape index (κ1) is 13.2. The molecule has 0 radical (unpaired) electrons. The maximum Gasteiger partial charge on any atom is 0.224 e. The smallest absolute Gasteiger partial charge is 0.224 e. The molecular formula is C12H12BrClN4. The SMILES string of the molecule is C/C=C1\C(=N)C(Br)=Cc2nc(NCC)nc(Cl)c21. The molecule has 1 aromatic heterocycles. The van der Waals surface area contributed by atoms with Crippen molar-refractivity contribution in [2.24, 2.45) is 0 Å². The van der Waals surface area contributed by atoms with E-state index in [2.05, 4.69) is 31.2 Å². The van der Waals surface area contributed by atoms with E-state index in [9.17, 15) is 0 Å². The zero-order valence-corrected chi connectivity index (χ0v) is 12.4. The first-order valence-electron chi connectivity index (χ1n) is 5.53. The van der Waals surface area contributed by atoms with Crippen LogP contribution in [0.2, 0.25) is 5.15 Å². The van der Waals surface area contributed by atoms with Crippen molar-refractivity contribution in [3.05, 3.63) is 27.0 Å². The highest BCUT2D eigenvalue weighted by Gasteiger charge is 2.24. The van der Waals surface area contributed by atoms with Gasteiger partial charge in [0.15, 0.2) is 0 Å². The molecule has 18 heavy (non-hydrogen) atoms. The Morgan fingerprint density at radius 1 is 1.50 bits per heavy atom. The van der Waals surface area contributed by atoms with Gasteiger partial charge in [-0.25, -0.2) is 9.97 Å². The van der Waals surface area contributed by atoms with Gasteiger partial charge in [0, 0.05) is 22.2 Å². The van der Waals surface area contributed by atoms with Gasteiger partial charge in [-0.2, -0.15) is 0 Å². The van der Waals surface area contributed by atoms with Gasteiger partial charge < -0.3 is 5.32 Å². The summed E-state index contributed by atoms with van der Waals surface area (Å²) in [5.74, 6) is 0.502. The summed E-state index contributed by atoms with van der Waals surface area (Å²) in [4.78, 5) is 8.59. The van der Waals surface area contributed by atoms with Crippen LogP contribution < -0.4 is 5.32 Å². The van der Waals surface area contributed by atoms with Crippen LogP contribution in [0.1, 0.15) is 25.1 Å². The Kier molecular flexibility index (Phi) is 3.82. The number of hydrogen-bond acceptors (Lipinski definition) is 4. The molecule has 0 fully saturated rings. The van der Waals surface area contributed by atoms with Crippen molar-refractivity contribution in [3.63, 3.8) is 0 Å². The third kappa shape index (κ3) is 2.20. The molecule has 0 bridgehead atoms. The van der Waals surface area contributed by atoms with Gasteiger partial charge in [-0.3, -0.25) is 5.41 Å². The molecule has 2 rings (SSSR count). The van der Waals surface area contributed by atoms with E-state index in [0.717, 1.165) is 17.8 Å². The summed E-state index contributed by atoms with van der Waals surface area (Å²) in [5, 5.41) is 11.4. The van der Waals surface area contributed by atoms with Gasteiger partial charge in [0.2, 0.25) is 5.95 Å². The average Bonchev–Trinajstić information content (AvgIpc) is 2.32. The van der Waals surface area contributed by atoms with Gasteiger partial charge in [-0.05, 0) is 35.9 Å². The molecule has 1 aliphatic carbocycles. The highest BCUT2D eigenvalue weighted by molar-refractivity contribution is 9.12. The Balaban J connectivity index is 2.66. The van der Waals surface area contributed by atoms with E-state index in [1.807, 2.05) is 19.9 Å². The summed E-state index contributed by atoms with van der Waals surface area (Å²) in [7, 11) is 0. The van der Waals surface area contributed by atoms with Gasteiger partial charge in [-0.15, -0.1) is 0 Å². The minimum atomic E-state index is 0.366. The number of nitrogens with one attached hydrogen (secondary N) is 2. The van der Waals surface area contributed by atoms with E-state index in [4.69, 9.17) is 17.0 Å². The van der Waals surface area contributed by atoms with Crippen LogP contribution in [0.25, 0.3) is 11.6 Å². The lowest BCUT2D eigenvalue weighted by Gasteiger charge is -2.18. The van der Waals surface area contributed by atoms with Gasteiger partial charge in [0.1, 0.15) is 5.15 Å². The van der Waals surface area contributed by atoms with Crippen molar-refractivity contribution in [2.75, 3.05) is 11.9 Å². The highest BCUT2D eigenvalue weighted by atomic mass is 79.9. The maximum absolute atomic E-state index is 8.00. The molecule has 1 heterocycles. The third-order valence-electron chi connectivity index (χ3n) is 2.56. The van der Waals surface area contributed by atoms with Crippen LogP contribution in [0.15, 0.2) is 10.6 Å². The van der Waals surface area contributed by atoms with E-state index < -0.39 is 0 Å². The minimum Gasteiger partial charge on any atom is -0.354 e. The average molecular weight is 328 g/mol. The molecule has 0 unspecified atom stereocenters. The lowest BCUT2D eigenvalue weighted by molar-refractivity contribution is 1.07. The standard InChI is InChI=1S/C12H12BrClN4/c1-3-6-9-8(5-7(13)10(6)15)17-12(16-4-2)18-11(9)14/h3,5,15H,4H2,1-2H3,(H,16,17,18)/b6-3-,15-10?. The van der Waals surface area contributed by atoms with Gasteiger partial charge >= 0.3 is 0 Å². The molecule has 94 valence electrons. The summed E-state index contributed by atoms with van der Waals surface area (Å²) in [5.41, 5.74) is 2.58. The fourth-order valence-electron chi connectivity index (χ4n) is 1.77. The second-order valence-corrected chi connectivity index (χ2v) is 4.91. The fraction of sp³-hybridized carbons (Fsp3) is 0.250. The zero-order chi connectivity index (χ0) is 13.3. The van der Waals surface area contributed by atoms with Crippen LogP contribution in [0.5, 0.6) is 0 Å². The number of allylic oxidation sites excluding steroid dienone is 3. The van der Waals surface area contributed by atoms with Crippen molar-refractivity contribution in [1.82, 2.24) is 9.97 Å². The molecule has 1 aliphatic rings. The predicted octanol–water partition coefficient (Wildman–Crippen LogP) is 3.73. The van der Waals surface area contributed by atoms with Crippen LogP contribution in [-0.2, 0) is 0 Å². The topological polar surface area (TPSA) is 61.7 Å². The Morgan fingerprint density at radius 3 is 2.83 bits per heavy atom. The molecule has 0 amide bonds. The summed E-state index contributed by atoms with van der Waals surface area (Å²) in [6, 6.07) is 0. The molecule has 0 spiro atoms. The first-order chi connectivity index (χ1) is 8.58. The first-order valence-corrected chi connectivity index (χ1v) is 6.70. The molecule has 2 N–H and O–H groups in total. The predicted molar refractivity (Wildman–Crippen MR) is 79.5 cm³/mol. The largest absolute Gasteiger partial charge is 0.354 e. The molecule has 0 aliphatic heterocycles. The molecule has 1 aromatic rings. The lowest BCUT2D eigenvalue weighted by Crippen LogP contribution is -2.12. The molecule has 4 nitrogen and oxygen atoms in total. The van der Waals surface area contributed by atoms with Crippen LogP contribution in [0, 0.1) is 5.41 Å². The van der Waals surface area contributed by atoms with Crippen molar-refractivity contribution in [2.45, 2.75) is 13.8 Å². The monoisotopic (exact) mass is 326 g/mol. The second kappa shape index (κ2) is 5.20. The number of fused-ring (bicyclic) bond motifs is 1. The van der Waals surface area contributed by atoms with Crippen LogP contribution in [0.4, 0.5) is 5.95 Å². The van der Waals surface area contributed by atoms with E-state index in [-0.39, 0.29) is 0 Å². The summed E-state index contributed by atoms with van der Waals surface area (Å²) < 4.78 is 0.695. The van der Waals surface area contributed by atoms with Crippen LogP contribution >= 0.6 is 27.5 Å². The van der Waals surface area contributed by atoms with Gasteiger partial charge in [0.05, 0.1) is 11.4 Å². The zero-order valence-electron chi connectivity index (χ0n) is 10.0. The number of hydrogen-bond donors (Lipinski definition) is 2. The van der Waals surface area contributed by atoms with Crippen molar-refractivity contribution in [1.29, 1.82) is 5.41 Å². The summed E-state index contributed by atoms with van der Waals surface area (Å²) in [6.07, 6.45) is 3.64. The fourth-order valence-corrected chi connectivity index (χ4v) is 2.48. The summed E-state index contributed by atoms with van der Waals surface area (Å²) >= 11 is 9.56. The third-order valence-corrected chi connectivity index (χ3v) is 3.46. The van der Waals surface area contributed by atoms with E-state index in [1.54, 1.807) is 6.08 Å². The minimum absolute atomic E-state index is 0.366. The molecule has 0 atom stereocenters. The maximum atomic E-state index is 8.00. The Hall–Kier alpha value is -1.20. The molecule has 6 heteroatoms. The quantitative estimate of drug-likeness (QED) is 0.814. The van der Waals surface area contributed by atoms with Crippen LogP contribution in [-0.4, -0.2) is 22.2 Å². The van der Waals surface area contributed by atoms with Crippen molar-refractivity contribution < 1.29 is 0 Å². The Morgan fingerprint density at radius 2 is 2.22 bits per heavy atom.